The van der Waals surface area contributed by atoms with E-state index in [4.69, 9.17) is 0 Å². The van der Waals surface area contributed by atoms with Gasteiger partial charge in [-0.2, -0.15) is 0 Å². The van der Waals surface area contributed by atoms with Gasteiger partial charge in [-0.05, 0) is 32.4 Å². The van der Waals surface area contributed by atoms with Gasteiger partial charge in [-0.15, -0.1) is 0 Å². The number of aldehydes is 1. The fraction of sp³-hybridized carbons (Fsp3) is 0.375. The lowest BCUT2D eigenvalue weighted by Crippen LogP contribution is -2.15. The Balaban J connectivity index is 2.36. The van der Waals surface area contributed by atoms with Gasteiger partial charge in [-0.3, -0.25) is 4.79 Å². The Hall–Kier alpha value is -1.68. The van der Waals surface area contributed by atoms with Gasteiger partial charge >= 0.3 is 0 Å². The topological polar surface area (TPSA) is 33.2 Å². The van der Waals surface area contributed by atoms with E-state index in [0.29, 0.717) is 0 Å². The molecule has 0 atom stereocenters. The van der Waals surface area contributed by atoms with Crippen LogP contribution in [0, 0.1) is 6.92 Å². The molecule has 3 nitrogen and oxygen atoms in total. The molecule has 2 aromatic rings. The zero-order valence-electron chi connectivity index (χ0n) is 12.2. The molecule has 1 aromatic heterocycles. The van der Waals surface area contributed by atoms with E-state index in [-0.39, 0.29) is 0 Å². The molecule has 2 rings (SSSR count). The maximum atomic E-state index is 11.2. The largest absolute Gasteiger partial charge is 0.318 e. The van der Waals surface area contributed by atoms with Crippen LogP contribution in [0.2, 0.25) is 0 Å². The highest BCUT2D eigenvalue weighted by atomic mass is 32.1. The Morgan fingerprint density at radius 3 is 2.50 bits per heavy atom. The van der Waals surface area contributed by atoms with Crippen molar-refractivity contribution in [2.75, 3.05) is 11.4 Å². The van der Waals surface area contributed by atoms with Gasteiger partial charge in [0.25, 0.3) is 0 Å². The first-order valence-electron chi connectivity index (χ1n) is 6.98. The predicted molar refractivity (Wildman–Crippen MR) is 85.4 cm³/mol. The number of aromatic nitrogens is 1. The molecule has 106 valence electrons. The number of hydrogen-bond donors (Lipinski definition) is 0. The zero-order chi connectivity index (χ0) is 14.5. The zero-order valence-corrected chi connectivity index (χ0v) is 13.0. The first-order valence-corrected chi connectivity index (χ1v) is 7.80. The number of carbonyl (C=O) groups is 1. The Bertz CT molecular complexity index is 575. The Labute approximate surface area is 124 Å². The highest BCUT2D eigenvalue weighted by molar-refractivity contribution is 7.17. The first kappa shape index (κ1) is 14.7. The van der Waals surface area contributed by atoms with Crippen molar-refractivity contribution in [3.8, 4) is 0 Å². The third-order valence-corrected chi connectivity index (χ3v) is 4.25. The molecule has 4 heteroatoms. The van der Waals surface area contributed by atoms with Crippen LogP contribution >= 0.6 is 11.3 Å². The monoisotopic (exact) mass is 288 g/mol. The minimum Gasteiger partial charge on any atom is -0.318 e. The average Bonchev–Trinajstić information content (AvgIpc) is 2.85. The SMILES string of the molecule is CCCc1nc(N(CC)c2ccc(C)cc2)sc1C=O. The molecule has 0 fully saturated rings. The quantitative estimate of drug-likeness (QED) is 0.740. The molecule has 0 aliphatic rings. The minimum absolute atomic E-state index is 0.757. The van der Waals surface area contributed by atoms with Crippen molar-refractivity contribution in [1.82, 2.24) is 4.98 Å². The van der Waals surface area contributed by atoms with E-state index in [0.717, 1.165) is 47.1 Å². The maximum absolute atomic E-state index is 11.2. The summed E-state index contributed by atoms with van der Waals surface area (Å²) in [5, 5.41) is 0.905. The number of aryl methyl sites for hydroxylation is 2. The molecule has 0 bridgehead atoms. The molecule has 0 aliphatic carbocycles. The molecular weight excluding hydrogens is 268 g/mol. The van der Waals surface area contributed by atoms with E-state index in [9.17, 15) is 4.79 Å². The maximum Gasteiger partial charge on any atom is 0.190 e. The number of thiazole rings is 1. The number of benzene rings is 1. The summed E-state index contributed by atoms with van der Waals surface area (Å²) < 4.78 is 0. The van der Waals surface area contributed by atoms with Crippen LogP contribution in [0.5, 0.6) is 0 Å². The van der Waals surface area contributed by atoms with Crippen LogP contribution in [-0.4, -0.2) is 17.8 Å². The lowest BCUT2D eigenvalue weighted by atomic mass is 10.2. The van der Waals surface area contributed by atoms with Crippen molar-refractivity contribution in [1.29, 1.82) is 0 Å². The van der Waals surface area contributed by atoms with Crippen molar-refractivity contribution in [2.45, 2.75) is 33.6 Å². The summed E-state index contributed by atoms with van der Waals surface area (Å²) in [5.74, 6) is 0. The van der Waals surface area contributed by atoms with E-state index < -0.39 is 0 Å². The average molecular weight is 288 g/mol. The lowest BCUT2D eigenvalue weighted by Gasteiger charge is -2.20. The highest BCUT2D eigenvalue weighted by Crippen LogP contribution is 2.31. The van der Waals surface area contributed by atoms with Crippen LogP contribution in [-0.2, 0) is 6.42 Å². The molecule has 1 aromatic carbocycles. The summed E-state index contributed by atoms with van der Waals surface area (Å²) in [6.45, 7) is 7.11. The smallest absolute Gasteiger partial charge is 0.190 e. The van der Waals surface area contributed by atoms with Gasteiger partial charge in [0.1, 0.15) is 0 Å². The van der Waals surface area contributed by atoms with Gasteiger partial charge < -0.3 is 4.90 Å². The number of rotatable bonds is 6. The summed E-state index contributed by atoms with van der Waals surface area (Å²) >= 11 is 1.48. The van der Waals surface area contributed by atoms with Gasteiger partial charge in [-0.25, -0.2) is 4.98 Å². The fourth-order valence-corrected chi connectivity index (χ4v) is 3.14. The van der Waals surface area contributed by atoms with Gasteiger partial charge in [0.2, 0.25) is 0 Å². The number of anilines is 2. The van der Waals surface area contributed by atoms with E-state index in [1.165, 1.54) is 16.9 Å². The van der Waals surface area contributed by atoms with Crippen LogP contribution in [0.15, 0.2) is 24.3 Å². The Morgan fingerprint density at radius 1 is 1.25 bits per heavy atom. The summed E-state index contributed by atoms with van der Waals surface area (Å²) in [5.41, 5.74) is 3.28. The van der Waals surface area contributed by atoms with Crippen LogP contribution in [0.3, 0.4) is 0 Å². The fourth-order valence-electron chi connectivity index (χ4n) is 2.13. The molecule has 0 saturated carbocycles. The number of hydrogen-bond acceptors (Lipinski definition) is 4. The summed E-state index contributed by atoms with van der Waals surface area (Å²) in [6.07, 6.45) is 2.78. The normalized spacial score (nSPS) is 10.6. The molecule has 0 saturated heterocycles. The third-order valence-electron chi connectivity index (χ3n) is 3.20. The molecular formula is C16H20N2OS. The van der Waals surface area contributed by atoms with Gasteiger partial charge in [0.05, 0.1) is 10.6 Å². The third kappa shape index (κ3) is 3.07. The summed E-state index contributed by atoms with van der Waals surface area (Å²) in [6, 6.07) is 8.39. The summed E-state index contributed by atoms with van der Waals surface area (Å²) in [4.78, 5) is 18.7. The number of nitrogens with zero attached hydrogens (tertiary/aromatic N) is 2. The summed E-state index contributed by atoms with van der Waals surface area (Å²) in [7, 11) is 0. The first-order chi connectivity index (χ1) is 9.69. The molecule has 0 aliphatic heterocycles. The predicted octanol–water partition coefficient (Wildman–Crippen LogP) is 4.37. The molecule has 20 heavy (non-hydrogen) atoms. The molecule has 0 unspecified atom stereocenters. The second kappa shape index (κ2) is 6.66. The van der Waals surface area contributed by atoms with Crippen molar-refractivity contribution in [3.63, 3.8) is 0 Å². The number of carbonyl (C=O) groups excluding carboxylic acids is 1. The van der Waals surface area contributed by atoms with Crippen LogP contribution in [0.25, 0.3) is 0 Å². The van der Waals surface area contributed by atoms with E-state index >= 15 is 0 Å². The van der Waals surface area contributed by atoms with Crippen molar-refractivity contribution < 1.29 is 4.79 Å². The van der Waals surface area contributed by atoms with Gasteiger partial charge in [0.15, 0.2) is 11.4 Å². The van der Waals surface area contributed by atoms with E-state index in [2.05, 4.69) is 54.9 Å². The van der Waals surface area contributed by atoms with Crippen molar-refractivity contribution in [2.24, 2.45) is 0 Å². The van der Waals surface area contributed by atoms with Gasteiger partial charge in [0, 0.05) is 12.2 Å². The van der Waals surface area contributed by atoms with E-state index in [1.54, 1.807) is 0 Å². The van der Waals surface area contributed by atoms with Crippen LogP contribution in [0.1, 0.15) is 41.2 Å². The van der Waals surface area contributed by atoms with Crippen molar-refractivity contribution in [3.05, 3.63) is 40.4 Å². The molecule has 0 amide bonds. The Kier molecular flexibility index (Phi) is 4.90. The second-order valence-corrected chi connectivity index (χ2v) is 5.76. The van der Waals surface area contributed by atoms with Crippen molar-refractivity contribution >= 4 is 28.4 Å². The molecule has 1 heterocycles. The molecule has 0 N–H and O–H groups in total. The molecule has 0 radical (unpaired) electrons. The molecule has 0 spiro atoms. The minimum atomic E-state index is 0.757. The Morgan fingerprint density at radius 2 is 1.95 bits per heavy atom. The second-order valence-electron chi connectivity index (χ2n) is 4.76. The van der Waals surface area contributed by atoms with Crippen LogP contribution in [0.4, 0.5) is 10.8 Å². The standard InChI is InChI=1S/C16H20N2OS/c1-4-6-14-15(11-19)20-16(17-14)18(5-2)13-9-7-12(3)8-10-13/h7-11H,4-6H2,1-3H3. The van der Waals surface area contributed by atoms with Gasteiger partial charge in [-0.1, -0.05) is 42.4 Å². The van der Waals surface area contributed by atoms with Crippen LogP contribution < -0.4 is 4.90 Å². The highest BCUT2D eigenvalue weighted by Gasteiger charge is 2.15. The lowest BCUT2D eigenvalue weighted by molar-refractivity contribution is 0.112. The van der Waals surface area contributed by atoms with E-state index in [1.807, 2.05) is 0 Å².